The summed E-state index contributed by atoms with van der Waals surface area (Å²) in [6, 6.07) is 7.71. The summed E-state index contributed by atoms with van der Waals surface area (Å²) in [5.41, 5.74) is 3.03. The topological polar surface area (TPSA) is 49.3 Å². The van der Waals surface area contributed by atoms with Crippen molar-refractivity contribution in [1.82, 2.24) is 5.32 Å². The number of rotatable bonds is 2. The fourth-order valence-corrected chi connectivity index (χ4v) is 2.77. The number of aliphatic carboxylic acids is 1. The van der Waals surface area contributed by atoms with Crippen molar-refractivity contribution in [1.29, 1.82) is 0 Å². The molecule has 1 heterocycles. The van der Waals surface area contributed by atoms with Crippen LogP contribution in [0.4, 0.5) is 0 Å². The molecule has 1 unspecified atom stereocenters. The summed E-state index contributed by atoms with van der Waals surface area (Å²) in [5.74, 6) is -1.11. The second kappa shape index (κ2) is 4.98. The Balaban J connectivity index is 2.56. The fourth-order valence-electron chi connectivity index (χ4n) is 2.24. The summed E-state index contributed by atoms with van der Waals surface area (Å²) in [6.07, 6.45) is 1.94. The number of nitrogens with one attached hydrogen (secondary N) is 1. The third-order valence-electron chi connectivity index (χ3n) is 2.99. The maximum Gasteiger partial charge on any atom is 0.334 e. The number of carbonyl (C=O) groups is 1. The highest BCUT2D eigenvalue weighted by Gasteiger charge is 2.27. The van der Waals surface area contributed by atoms with E-state index in [-0.39, 0.29) is 5.92 Å². The van der Waals surface area contributed by atoms with Gasteiger partial charge in [0, 0.05) is 21.8 Å². The Hall–Kier alpha value is -1.55. The minimum Gasteiger partial charge on any atom is -0.478 e. The monoisotopic (exact) mass is 307 g/mol. The number of halogens is 1. The number of carboxylic acid groups (broad SMARTS) is 1. The van der Waals surface area contributed by atoms with Crippen molar-refractivity contribution in [2.45, 2.75) is 19.8 Å². The van der Waals surface area contributed by atoms with Crippen LogP contribution in [0.1, 0.15) is 25.3 Å². The second-order valence-corrected chi connectivity index (χ2v) is 5.17. The highest BCUT2D eigenvalue weighted by Crippen LogP contribution is 2.35. The average molecular weight is 308 g/mol. The maximum atomic E-state index is 11.4. The van der Waals surface area contributed by atoms with Crippen LogP contribution in [0.25, 0.3) is 0 Å². The van der Waals surface area contributed by atoms with E-state index in [0.717, 1.165) is 15.7 Å². The predicted octanol–water partition coefficient (Wildman–Crippen LogP) is 3.40. The zero-order valence-electron chi connectivity index (χ0n) is 10.2. The molecule has 0 fully saturated rings. The highest BCUT2D eigenvalue weighted by atomic mass is 79.9. The van der Waals surface area contributed by atoms with E-state index in [1.807, 2.05) is 37.3 Å². The zero-order valence-corrected chi connectivity index (χ0v) is 11.8. The van der Waals surface area contributed by atoms with E-state index >= 15 is 0 Å². The number of allylic oxidation sites excluding steroid dienone is 3. The van der Waals surface area contributed by atoms with E-state index < -0.39 is 5.97 Å². The molecule has 0 saturated carbocycles. The number of carboxylic acids is 1. The molecule has 18 heavy (non-hydrogen) atoms. The van der Waals surface area contributed by atoms with Gasteiger partial charge in [-0.3, -0.25) is 0 Å². The molecule has 0 amide bonds. The minimum atomic E-state index is -0.885. The third kappa shape index (κ3) is 2.34. The smallest absolute Gasteiger partial charge is 0.334 e. The van der Waals surface area contributed by atoms with Gasteiger partial charge in [-0.2, -0.15) is 0 Å². The summed E-state index contributed by atoms with van der Waals surface area (Å²) in [7, 11) is 0. The number of dihydropyridines is 1. The van der Waals surface area contributed by atoms with Crippen molar-refractivity contribution in [2.24, 2.45) is 0 Å². The molecule has 3 nitrogen and oxygen atoms in total. The summed E-state index contributed by atoms with van der Waals surface area (Å²) in [4.78, 5) is 11.4. The highest BCUT2D eigenvalue weighted by molar-refractivity contribution is 9.10. The first-order valence-corrected chi connectivity index (χ1v) is 6.44. The van der Waals surface area contributed by atoms with Crippen molar-refractivity contribution in [2.75, 3.05) is 0 Å². The van der Waals surface area contributed by atoms with Crippen molar-refractivity contribution < 1.29 is 9.90 Å². The standard InChI is InChI=1S/C14H14BrNO2/c1-8-7-11(10-5-3-4-6-12(10)15)13(14(17)18)9(2)16-8/h3-7,11,16H,1-2H3,(H,17,18). The Morgan fingerprint density at radius 3 is 2.61 bits per heavy atom. The molecule has 0 bridgehead atoms. The molecule has 0 saturated heterocycles. The van der Waals surface area contributed by atoms with Gasteiger partial charge in [0.05, 0.1) is 5.57 Å². The lowest BCUT2D eigenvalue weighted by atomic mass is 9.87. The normalized spacial score (nSPS) is 19.3. The van der Waals surface area contributed by atoms with Crippen molar-refractivity contribution in [3.8, 4) is 0 Å². The molecule has 1 aliphatic heterocycles. The SMILES string of the molecule is CC1=CC(c2ccccc2Br)C(C(=O)O)=C(C)N1. The molecule has 1 atom stereocenters. The zero-order chi connectivity index (χ0) is 13.3. The molecule has 0 radical (unpaired) electrons. The lowest BCUT2D eigenvalue weighted by molar-refractivity contribution is -0.133. The van der Waals surface area contributed by atoms with E-state index in [4.69, 9.17) is 0 Å². The van der Waals surface area contributed by atoms with E-state index in [0.29, 0.717) is 11.3 Å². The van der Waals surface area contributed by atoms with E-state index in [1.54, 1.807) is 6.92 Å². The van der Waals surface area contributed by atoms with E-state index in [9.17, 15) is 9.90 Å². The lowest BCUT2D eigenvalue weighted by Gasteiger charge is -2.25. The quantitative estimate of drug-likeness (QED) is 0.880. The van der Waals surface area contributed by atoms with Crippen molar-refractivity contribution in [3.05, 3.63) is 57.3 Å². The first-order chi connectivity index (χ1) is 8.50. The largest absolute Gasteiger partial charge is 0.478 e. The van der Waals surface area contributed by atoms with Crippen LogP contribution < -0.4 is 5.32 Å². The molecule has 1 aliphatic rings. The Bertz CT molecular complexity index is 561. The Kier molecular flexibility index (Phi) is 3.57. The molecule has 1 aromatic rings. The third-order valence-corrected chi connectivity index (χ3v) is 3.71. The van der Waals surface area contributed by atoms with Gasteiger partial charge in [0.2, 0.25) is 0 Å². The van der Waals surface area contributed by atoms with Crippen LogP contribution in [0, 0.1) is 0 Å². The molecular formula is C14H14BrNO2. The molecule has 2 N–H and O–H groups in total. The minimum absolute atomic E-state index is 0.223. The summed E-state index contributed by atoms with van der Waals surface area (Å²) >= 11 is 3.48. The Labute approximate surface area is 114 Å². The van der Waals surface area contributed by atoms with Gasteiger partial charge in [0.1, 0.15) is 0 Å². The summed E-state index contributed by atoms with van der Waals surface area (Å²) in [6.45, 7) is 3.73. The molecule has 2 rings (SSSR count). The second-order valence-electron chi connectivity index (χ2n) is 4.32. The molecule has 4 heteroatoms. The van der Waals surface area contributed by atoms with Crippen molar-refractivity contribution >= 4 is 21.9 Å². The van der Waals surface area contributed by atoms with Gasteiger partial charge in [-0.1, -0.05) is 40.2 Å². The van der Waals surface area contributed by atoms with Crippen molar-refractivity contribution in [3.63, 3.8) is 0 Å². The van der Waals surface area contributed by atoms with E-state index in [1.165, 1.54) is 0 Å². The molecule has 0 aromatic heterocycles. The van der Waals surface area contributed by atoms with Gasteiger partial charge in [-0.25, -0.2) is 4.79 Å². The van der Waals surface area contributed by atoms with Gasteiger partial charge in [-0.05, 0) is 25.5 Å². The van der Waals surface area contributed by atoms with Crippen LogP contribution in [0.3, 0.4) is 0 Å². The van der Waals surface area contributed by atoms with Crippen LogP contribution in [0.2, 0.25) is 0 Å². The van der Waals surface area contributed by atoms with Crippen LogP contribution in [-0.4, -0.2) is 11.1 Å². The van der Waals surface area contributed by atoms with Gasteiger partial charge < -0.3 is 10.4 Å². The maximum absolute atomic E-state index is 11.4. The molecule has 0 spiro atoms. The Morgan fingerprint density at radius 1 is 1.33 bits per heavy atom. The molecule has 0 aliphatic carbocycles. The predicted molar refractivity (Wildman–Crippen MR) is 74.1 cm³/mol. The van der Waals surface area contributed by atoms with Crippen LogP contribution in [-0.2, 0) is 4.79 Å². The summed E-state index contributed by atoms with van der Waals surface area (Å²) in [5, 5.41) is 12.4. The van der Waals surface area contributed by atoms with Crippen LogP contribution in [0.15, 0.2) is 51.8 Å². The fraction of sp³-hybridized carbons (Fsp3) is 0.214. The van der Waals surface area contributed by atoms with E-state index in [2.05, 4.69) is 21.2 Å². The van der Waals surface area contributed by atoms with Gasteiger partial charge in [-0.15, -0.1) is 0 Å². The average Bonchev–Trinajstić information content (AvgIpc) is 2.27. The first kappa shape index (κ1) is 12.9. The van der Waals surface area contributed by atoms with Crippen LogP contribution >= 0.6 is 15.9 Å². The Morgan fingerprint density at radius 2 is 2.00 bits per heavy atom. The summed E-state index contributed by atoms with van der Waals surface area (Å²) < 4.78 is 0.924. The molecule has 94 valence electrons. The van der Waals surface area contributed by atoms with Gasteiger partial charge in [0.25, 0.3) is 0 Å². The lowest BCUT2D eigenvalue weighted by Crippen LogP contribution is -2.24. The molecule has 1 aromatic carbocycles. The number of hydrogen-bond donors (Lipinski definition) is 2. The first-order valence-electron chi connectivity index (χ1n) is 5.64. The van der Waals surface area contributed by atoms with Gasteiger partial charge in [0.15, 0.2) is 0 Å². The van der Waals surface area contributed by atoms with Gasteiger partial charge >= 0.3 is 5.97 Å². The number of hydrogen-bond acceptors (Lipinski definition) is 2. The van der Waals surface area contributed by atoms with Crippen LogP contribution in [0.5, 0.6) is 0 Å². The number of benzene rings is 1. The molecular weight excluding hydrogens is 294 g/mol.